The number of hydrogen-bond donors (Lipinski definition) is 0. The van der Waals surface area contributed by atoms with E-state index in [0.717, 1.165) is 57.8 Å². The zero-order valence-corrected chi connectivity index (χ0v) is 44.0. The second-order valence-electron chi connectivity index (χ2n) is 19.9. The maximum Gasteiger partial charge on any atom is 0.306 e. The Hall–Kier alpha value is -1.85. The van der Waals surface area contributed by atoms with Crippen molar-refractivity contribution in [3.63, 3.8) is 0 Å². The number of allylic oxidation sites excluding steroid dienone is 2. The van der Waals surface area contributed by atoms with E-state index in [1.54, 1.807) is 0 Å². The summed E-state index contributed by atoms with van der Waals surface area (Å²) in [6, 6.07) is 0. The standard InChI is InChI=1S/C59H112O6/c1-4-7-10-13-16-19-22-25-28-30-32-34-37-40-43-46-49-52-58(61)64-55-56(54-63-57(60)51-48-45-42-39-36-33-27-24-21-18-15-12-9-6-3)65-59(62)53-50-47-44-41-38-35-31-29-26-23-20-17-14-11-8-5-2/h25,28,56H,4-24,26-27,29-55H2,1-3H3/b28-25+/t56-/m1/s1. The monoisotopic (exact) mass is 917 g/mol. The summed E-state index contributed by atoms with van der Waals surface area (Å²) in [5.74, 6) is -0.844. The van der Waals surface area contributed by atoms with Gasteiger partial charge >= 0.3 is 17.9 Å². The Morgan fingerprint density at radius 1 is 0.292 bits per heavy atom. The lowest BCUT2D eigenvalue weighted by molar-refractivity contribution is -0.167. The van der Waals surface area contributed by atoms with Gasteiger partial charge in [-0.1, -0.05) is 277 Å². The first-order valence-corrected chi connectivity index (χ1v) is 29.2. The molecule has 0 unspecified atom stereocenters. The molecule has 0 fully saturated rings. The van der Waals surface area contributed by atoms with Crippen LogP contribution in [0.15, 0.2) is 12.2 Å². The predicted octanol–water partition coefficient (Wildman–Crippen LogP) is 19.3. The van der Waals surface area contributed by atoms with E-state index in [9.17, 15) is 14.4 Å². The molecule has 1 atom stereocenters. The molecule has 384 valence electrons. The van der Waals surface area contributed by atoms with Crippen LogP contribution in [0, 0.1) is 0 Å². The summed E-state index contributed by atoms with van der Waals surface area (Å²) < 4.78 is 16.9. The molecule has 0 saturated heterocycles. The maximum absolute atomic E-state index is 12.8. The Morgan fingerprint density at radius 3 is 0.769 bits per heavy atom. The van der Waals surface area contributed by atoms with Gasteiger partial charge in [0.15, 0.2) is 6.10 Å². The normalized spacial score (nSPS) is 12.0. The van der Waals surface area contributed by atoms with Crippen molar-refractivity contribution in [2.75, 3.05) is 13.2 Å². The molecule has 6 nitrogen and oxygen atoms in total. The van der Waals surface area contributed by atoms with Gasteiger partial charge in [-0.15, -0.1) is 0 Å². The smallest absolute Gasteiger partial charge is 0.306 e. The van der Waals surface area contributed by atoms with Gasteiger partial charge in [-0.3, -0.25) is 14.4 Å². The van der Waals surface area contributed by atoms with Gasteiger partial charge in [0.1, 0.15) is 13.2 Å². The van der Waals surface area contributed by atoms with Crippen LogP contribution in [0.5, 0.6) is 0 Å². The van der Waals surface area contributed by atoms with Gasteiger partial charge in [-0.2, -0.15) is 0 Å². The quantitative estimate of drug-likeness (QED) is 0.0262. The fourth-order valence-corrected chi connectivity index (χ4v) is 8.85. The van der Waals surface area contributed by atoms with E-state index in [-0.39, 0.29) is 31.1 Å². The first kappa shape index (κ1) is 63.1. The SMILES string of the molecule is CCCCCCCC/C=C/CCCCCCCCCC(=O)OC[C@@H](COC(=O)CCCCCCCCCCCCCCCC)OC(=O)CCCCCCCCCCCCCCCCCC. The molecular formula is C59H112O6. The molecule has 0 spiro atoms. The molecule has 6 heteroatoms. The average Bonchev–Trinajstić information content (AvgIpc) is 3.30. The van der Waals surface area contributed by atoms with Gasteiger partial charge in [-0.05, 0) is 44.9 Å². The molecule has 0 aliphatic rings. The van der Waals surface area contributed by atoms with Gasteiger partial charge in [0.05, 0.1) is 0 Å². The van der Waals surface area contributed by atoms with E-state index in [2.05, 4.69) is 32.9 Å². The molecule has 0 aromatic heterocycles. The van der Waals surface area contributed by atoms with E-state index in [1.807, 2.05) is 0 Å². The highest BCUT2D eigenvalue weighted by molar-refractivity contribution is 5.71. The van der Waals surface area contributed by atoms with Crippen LogP contribution < -0.4 is 0 Å². The second kappa shape index (κ2) is 54.8. The van der Waals surface area contributed by atoms with Crippen molar-refractivity contribution < 1.29 is 28.6 Å². The molecule has 0 saturated carbocycles. The lowest BCUT2D eigenvalue weighted by Gasteiger charge is -2.18. The van der Waals surface area contributed by atoms with E-state index >= 15 is 0 Å². The topological polar surface area (TPSA) is 78.9 Å². The van der Waals surface area contributed by atoms with E-state index in [0.29, 0.717) is 19.3 Å². The molecule has 0 heterocycles. The first-order valence-electron chi connectivity index (χ1n) is 29.2. The zero-order valence-electron chi connectivity index (χ0n) is 44.0. The van der Waals surface area contributed by atoms with Crippen LogP contribution >= 0.6 is 0 Å². The number of carbonyl (C=O) groups is 3. The predicted molar refractivity (Wildman–Crippen MR) is 280 cm³/mol. The Bertz CT molecular complexity index is 1010. The molecule has 0 aliphatic heterocycles. The first-order chi connectivity index (χ1) is 32.0. The third-order valence-corrected chi connectivity index (χ3v) is 13.3. The molecule has 0 aliphatic carbocycles. The Morgan fingerprint density at radius 2 is 0.508 bits per heavy atom. The summed E-state index contributed by atoms with van der Waals surface area (Å²) in [6.45, 7) is 6.69. The molecule has 0 rings (SSSR count). The summed E-state index contributed by atoms with van der Waals surface area (Å²) in [7, 11) is 0. The molecule has 0 N–H and O–H groups in total. The minimum Gasteiger partial charge on any atom is -0.462 e. The Labute approximate surface area is 405 Å². The number of ether oxygens (including phenoxy) is 3. The second-order valence-corrected chi connectivity index (χ2v) is 19.9. The van der Waals surface area contributed by atoms with Crippen molar-refractivity contribution in [1.29, 1.82) is 0 Å². The molecular weight excluding hydrogens is 805 g/mol. The molecule has 0 radical (unpaired) electrons. The van der Waals surface area contributed by atoms with Crippen LogP contribution in [0.2, 0.25) is 0 Å². The zero-order chi connectivity index (χ0) is 47.2. The lowest BCUT2D eigenvalue weighted by atomic mass is 10.0. The van der Waals surface area contributed by atoms with Crippen molar-refractivity contribution >= 4 is 17.9 Å². The fourth-order valence-electron chi connectivity index (χ4n) is 8.85. The summed E-state index contributed by atoms with van der Waals surface area (Å²) in [6.07, 6.45) is 62.0. The highest BCUT2D eigenvalue weighted by atomic mass is 16.6. The van der Waals surface area contributed by atoms with Crippen molar-refractivity contribution in [2.45, 2.75) is 335 Å². The highest BCUT2D eigenvalue weighted by Crippen LogP contribution is 2.17. The molecule has 65 heavy (non-hydrogen) atoms. The minimum absolute atomic E-state index is 0.0651. The summed E-state index contributed by atoms with van der Waals surface area (Å²) in [5, 5.41) is 0. The van der Waals surface area contributed by atoms with Crippen LogP contribution in [-0.4, -0.2) is 37.2 Å². The maximum atomic E-state index is 12.8. The summed E-state index contributed by atoms with van der Waals surface area (Å²) in [4.78, 5) is 38.1. The number of unbranched alkanes of at least 4 members (excludes halogenated alkanes) is 41. The highest BCUT2D eigenvalue weighted by Gasteiger charge is 2.19. The fraction of sp³-hybridized carbons (Fsp3) is 0.915. The van der Waals surface area contributed by atoms with Gasteiger partial charge in [-0.25, -0.2) is 0 Å². The molecule has 0 bridgehead atoms. The minimum atomic E-state index is -0.766. The van der Waals surface area contributed by atoms with Crippen LogP contribution in [-0.2, 0) is 28.6 Å². The van der Waals surface area contributed by atoms with Gasteiger partial charge in [0.25, 0.3) is 0 Å². The Kier molecular flexibility index (Phi) is 53.2. The van der Waals surface area contributed by atoms with Gasteiger partial charge < -0.3 is 14.2 Å². The molecule has 0 amide bonds. The third-order valence-electron chi connectivity index (χ3n) is 13.3. The van der Waals surface area contributed by atoms with Crippen LogP contribution in [0.25, 0.3) is 0 Å². The van der Waals surface area contributed by atoms with Crippen LogP contribution in [0.4, 0.5) is 0 Å². The summed E-state index contributed by atoms with van der Waals surface area (Å²) in [5.41, 5.74) is 0. The molecule has 0 aromatic rings. The van der Waals surface area contributed by atoms with Crippen molar-refractivity contribution in [3.05, 3.63) is 12.2 Å². The third kappa shape index (κ3) is 53.0. The van der Waals surface area contributed by atoms with Crippen molar-refractivity contribution in [3.8, 4) is 0 Å². The van der Waals surface area contributed by atoms with E-state index in [4.69, 9.17) is 14.2 Å². The van der Waals surface area contributed by atoms with Crippen molar-refractivity contribution in [1.82, 2.24) is 0 Å². The number of rotatable bonds is 54. The van der Waals surface area contributed by atoms with Gasteiger partial charge in [0, 0.05) is 19.3 Å². The number of hydrogen-bond acceptors (Lipinski definition) is 6. The van der Waals surface area contributed by atoms with Crippen LogP contribution in [0.1, 0.15) is 329 Å². The van der Waals surface area contributed by atoms with Crippen LogP contribution in [0.3, 0.4) is 0 Å². The Balaban J connectivity index is 4.31. The van der Waals surface area contributed by atoms with E-state index in [1.165, 1.54) is 231 Å². The summed E-state index contributed by atoms with van der Waals surface area (Å²) >= 11 is 0. The van der Waals surface area contributed by atoms with Gasteiger partial charge in [0.2, 0.25) is 0 Å². The average molecular weight is 918 g/mol. The lowest BCUT2D eigenvalue weighted by Crippen LogP contribution is -2.30. The van der Waals surface area contributed by atoms with Crippen molar-refractivity contribution in [2.24, 2.45) is 0 Å². The largest absolute Gasteiger partial charge is 0.462 e. The number of esters is 3. The molecule has 0 aromatic carbocycles. The number of carbonyl (C=O) groups excluding carboxylic acids is 3. The van der Waals surface area contributed by atoms with E-state index < -0.39 is 6.10 Å².